The summed E-state index contributed by atoms with van der Waals surface area (Å²) in [6, 6.07) is 12.6. The molecule has 0 unspecified atom stereocenters. The third-order valence-electron chi connectivity index (χ3n) is 7.39. The van der Waals surface area contributed by atoms with Crippen LogP contribution in [0.3, 0.4) is 0 Å². The summed E-state index contributed by atoms with van der Waals surface area (Å²) in [6.45, 7) is 8.76. The van der Waals surface area contributed by atoms with Gasteiger partial charge in [0.1, 0.15) is 5.75 Å². The van der Waals surface area contributed by atoms with Crippen LogP contribution in [0.15, 0.2) is 42.5 Å². The number of fused-ring (bicyclic) bond motifs is 1. The molecule has 0 aromatic heterocycles. The minimum Gasteiger partial charge on any atom is -0.497 e. The molecule has 2 aliphatic heterocycles. The topological polar surface area (TPSA) is 106 Å². The van der Waals surface area contributed by atoms with Crippen LogP contribution < -0.4 is 14.2 Å². The zero-order valence-electron chi connectivity index (χ0n) is 22.7. The van der Waals surface area contributed by atoms with Gasteiger partial charge in [-0.25, -0.2) is 12.7 Å². The van der Waals surface area contributed by atoms with E-state index in [1.807, 2.05) is 49.4 Å². The first-order valence-corrected chi connectivity index (χ1v) is 14.4. The standard InChI is InChI=1S/C28H38N2O7S/c1-6-13-30(38(33,34)28(2,3)4)15-14-29-17-22(20-9-12-23-24(16-20)37-18-36-23)25(27(31)32)26(29)19-7-10-21(35-5)11-8-19/h7-12,16,22,25-26H,6,13-15,17-18H2,1-5H3,(H,31,32)/t22-,25+,26-/m1/s1. The number of carboxylic acids is 1. The fourth-order valence-electron chi connectivity index (χ4n) is 5.37. The molecule has 0 bridgehead atoms. The second-order valence-electron chi connectivity index (χ2n) is 10.8. The Balaban J connectivity index is 1.70. The lowest BCUT2D eigenvalue weighted by atomic mass is 9.82. The highest BCUT2D eigenvalue weighted by Gasteiger charge is 2.48. The van der Waals surface area contributed by atoms with E-state index in [-0.39, 0.29) is 19.3 Å². The molecule has 0 spiro atoms. The van der Waals surface area contributed by atoms with Crippen LogP contribution in [0.4, 0.5) is 0 Å². The van der Waals surface area contributed by atoms with Gasteiger partial charge in [-0.05, 0) is 62.6 Å². The summed E-state index contributed by atoms with van der Waals surface area (Å²) < 4.78 is 43.6. The smallest absolute Gasteiger partial charge is 0.309 e. The summed E-state index contributed by atoms with van der Waals surface area (Å²) in [7, 11) is -1.95. The minimum absolute atomic E-state index is 0.141. The van der Waals surface area contributed by atoms with E-state index in [2.05, 4.69) is 4.90 Å². The first kappa shape index (κ1) is 28.2. The molecule has 2 aromatic rings. The highest BCUT2D eigenvalue weighted by Crippen LogP contribution is 2.47. The van der Waals surface area contributed by atoms with E-state index >= 15 is 0 Å². The number of likely N-dealkylation sites (tertiary alicyclic amines) is 1. The lowest BCUT2D eigenvalue weighted by molar-refractivity contribution is -0.143. The normalized spacial score (nSPS) is 21.7. The second-order valence-corrected chi connectivity index (χ2v) is 13.5. The Morgan fingerprint density at radius 2 is 1.74 bits per heavy atom. The Bertz CT molecular complexity index is 1240. The fourth-order valence-corrected chi connectivity index (χ4v) is 6.89. The Morgan fingerprint density at radius 1 is 1.08 bits per heavy atom. The predicted molar refractivity (Wildman–Crippen MR) is 144 cm³/mol. The zero-order valence-corrected chi connectivity index (χ0v) is 23.5. The van der Waals surface area contributed by atoms with E-state index in [9.17, 15) is 18.3 Å². The molecule has 1 fully saturated rings. The molecule has 2 aromatic carbocycles. The van der Waals surface area contributed by atoms with Crippen LogP contribution in [0.5, 0.6) is 17.2 Å². The van der Waals surface area contributed by atoms with Gasteiger partial charge in [0.05, 0.1) is 17.8 Å². The highest BCUT2D eigenvalue weighted by molar-refractivity contribution is 7.90. The lowest BCUT2D eigenvalue weighted by Gasteiger charge is -2.33. The molecule has 0 radical (unpaired) electrons. The van der Waals surface area contributed by atoms with Crippen molar-refractivity contribution in [3.8, 4) is 17.2 Å². The molecular weight excluding hydrogens is 508 g/mol. The Kier molecular flexibility index (Phi) is 8.25. The van der Waals surface area contributed by atoms with E-state index in [0.29, 0.717) is 43.3 Å². The number of nitrogens with zero attached hydrogens (tertiary/aromatic N) is 2. The summed E-state index contributed by atoms with van der Waals surface area (Å²) in [4.78, 5) is 14.9. The van der Waals surface area contributed by atoms with Crippen molar-refractivity contribution in [1.82, 2.24) is 9.21 Å². The summed E-state index contributed by atoms with van der Waals surface area (Å²) in [5.41, 5.74) is 1.71. The molecule has 0 amide bonds. The van der Waals surface area contributed by atoms with Crippen LogP contribution in [0.1, 0.15) is 57.2 Å². The third-order valence-corrected chi connectivity index (χ3v) is 9.98. The number of hydrogen-bond acceptors (Lipinski definition) is 7. The average molecular weight is 547 g/mol. The molecule has 208 valence electrons. The number of hydrogen-bond donors (Lipinski definition) is 1. The van der Waals surface area contributed by atoms with E-state index in [0.717, 1.165) is 11.1 Å². The fraction of sp³-hybridized carbons (Fsp3) is 0.536. The van der Waals surface area contributed by atoms with Gasteiger partial charge >= 0.3 is 5.97 Å². The van der Waals surface area contributed by atoms with E-state index in [1.54, 1.807) is 32.2 Å². The monoisotopic (exact) mass is 546 g/mol. The number of methoxy groups -OCH3 is 1. The molecule has 10 heteroatoms. The Labute approximate surface area is 225 Å². The molecule has 1 N–H and O–H groups in total. The largest absolute Gasteiger partial charge is 0.497 e. The van der Waals surface area contributed by atoms with Crippen molar-refractivity contribution < 1.29 is 32.5 Å². The number of ether oxygens (including phenoxy) is 3. The molecular formula is C28H38N2O7S. The van der Waals surface area contributed by atoms with Gasteiger partial charge in [-0.15, -0.1) is 0 Å². The van der Waals surface area contributed by atoms with Gasteiger partial charge in [0.25, 0.3) is 0 Å². The van der Waals surface area contributed by atoms with Crippen molar-refractivity contribution in [2.45, 2.75) is 50.8 Å². The number of benzene rings is 2. The second kappa shape index (κ2) is 11.1. The summed E-state index contributed by atoms with van der Waals surface area (Å²) in [6.07, 6.45) is 0.689. The maximum absolute atomic E-state index is 13.3. The van der Waals surface area contributed by atoms with Crippen molar-refractivity contribution in [3.63, 3.8) is 0 Å². The number of aliphatic carboxylic acids is 1. The summed E-state index contributed by atoms with van der Waals surface area (Å²) in [5, 5.41) is 10.5. The van der Waals surface area contributed by atoms with E-state index < -0.39 is 32.7 Å². The van der Waals surface area contributed by atoms with E-state index in [4.69, 9.17) is 14.2 Å². The van der Waals surface area contributed by atoms with Gasteiger partial charge in [-0.3, -0.25) is 9.69 Å². The number of rotatable bonds is 10. The van der Waals surface area contributed by atoms with Crippen molar-refractivity contribution in [3.05, 3.63) is 53.6 Å². The molecule has 0 saturated carbocycles. The lowest BCUT2D eigenvalue weighted by Crippen LogP contribution is -2.46. The molecule has 0 aliphatic carbocycles. The summed E-state index contributed by atoms with van der Waals surface area (Å²) in [5.74, 6) is -0.0385. The van der Waals surface area contributed by atoms with Gasteiger partial charge in [-0.2, -0.15) is 0 Å². The van der Waals surface area contributed by atoms with Crippen molar-refractivity contribution >= 4 is 16.0 Å². The van der Waals surface area contributed by atoms with Crippen LogP contribution in [0.25, 0.3) is 0 Å². The van der Waals surface area contributed by atoms with Gasteiger partial charge in [0.15, 0.2) is 11.5 Å². The van der Waals surface area contributed by atoms with Crippen LogP contribution >= 0.6 is 0 Å². The Morgan fingerprint density at radius 3 is 2.34 bits per heavy atom. The van der Waals surface area contributed by atoms with Gasteiger partial charge < -0.3 is 19.3 Å². The molecule has 2 aliphatic rings. The zero-order chi connectivity index (χ0) is 27.7. The van der Waals surface area contributed by atoms with Crippen molar-refractivity contribution in [2.75, 3.05) is 40.1 Å². The maximum atomic E-state index is 13.3. The predicted octanol–water partition coefficient (Wildman–Crippen LogP) is 4.11. The SMILES string of the molecule is CCCN(CCN1C[C@H](c2ccc3c(c2)OCO3)[C@H](C(=O)O)[C@H]1c1ccc(OC)cc1)S(=O)(=O)C(C)(C)C. The number of carbonyl (C=O) groups is 1. The summed E-state index contributed by atoms with van der Waals surface area (Å²) >= 11 is 0. The highest BCUT2D eigenvalue weighted by atomic mass is 32.2. The third kappa shape index (κ3) is 5.48. The number of sulfonamides is 1. The van der Waals surface area contributed by atoms with Crippen LogP contribution in [0, 0.1) is 5.92 Å². The van der Waals surface area contributed by atoms with Crippen molar-refractivity contribution in [1.29, 1.82) is 0 Å². The maximum Gasteiger partial charge on any atom is 0.309 e. The molecule has 4 rings (SSSR count). The number of carboxylic acid groups (broad SMARTS) is 1. The first-order chi connectivity index (χ1) is 18.0. The molecule has 38 heavy (non-hydrogen) atoms. The van der Waals surface area contributed by atoms with Crippen LogP contribution in [-0.4, -0.2) is 73.5 Å². The first-order valence-electron chi connectivity index (χ1n) is 13.0. The van der Waals surface area contributed by atoms with Crippen LogP contribution in [-0.2, 0) is 14.8 Å². The van der Waals surface area contributed by atoms with Crippen LogP contribution in [0.2, 0.25) is 0 Å². The molecule has 2 heterocycles. The quantitative estimate of drug-likeness (QED) is 0.475. The average Bonchev–Trinajstić information content (AvgIpc) is 3.50. The van der Waals surface area contributed by atoms with Crippen molar-refractivity contribution in [2.24, 2.45) is 5.92 Å². The molecule has 9 nitrogen and oxygen atoms in total. The van der Waals surface area contributed by atoms with E-state index in [1.165, 1.54) is 0 Å². The molecule has 3 atom stereocenters. The Hall–Kier alpha value is -2.82. The minimum atomic E-state index is -3.54. The molecule has 1 saturated heterocycles. The van der Waals surface area contributed by atoms with Gasteiger partial charge in [-0.1, -0.05) is 25.1 Å². The van der Waals surface area contributed by atoms with Gasteiger partial charge in [0, 0.05) is 38.1 Å². The van der Waals surface area contributed by atoms with Gasteiger partial charge in [0.2, 0.25) is 16.8 Å².